The summed E-state index contributed by atoms with van der Waals surface area (Å²) >= 11 is 1.93. The molecule has 0 unspecified atom stereocenters. The molecule has 0 N–H and O–H groups in total. The van der Waals surface area contributed by atoms with Gasteiger partial charge >= 0.3 is 0 Å². The van der Waals surface area contributed by atoms with Gasteiger partial charge in [0.1, 0.15) is 0 Å². The van der Waals surface area contributed by atoms with Crippen molar-refractivity contribution in [2.24, 2.45) is 0 Å². The van der Waals surface area contributed by atoms with Crippen molar-refractivity contribution in [3.8, 4) is 0 Å². The van der Waals surface area contributed by atoms with Crippen LogP contribution in [-0.2, 0) is 6.42 Å². The number of hydrogen-bond donors (Lipinski definition) is 0. The molecule has 0 aromatic heterocycles. The van der Waals surface area contributed by atoms with Crippen molar-refractivity contribution in [1.29, 1.82) is 0 Å². The van der Waals surface area contributed by atoms with Gasteiger partial charge in [-0.15, -0.1) is 11.8 Å². The minimum Gasteiger partial charge on any atom is -0.258 e. The number of nitro groups is 1. The number of unbranched alkanes of at least 4 members (excludes halogenated alkanes) is 4. The number of nitro benzene ring substituents is 1. The van der Waals surface area contributed by atoms with E-state index in [2.05, 4.69) is 30.3 Å². The second-order valence-corrected chi connectivity index (χ2v) is 6.77. The first-order chi connectivity index (χ1) is 11.3. The molecule has 2 rings (SSSR count). The largest absolute Gasteiger partial charge is 0.269 e. The smallest absolute Gasteiger partial charge is 0.258 e. The summed E-state index contributed by atoms with van der Waals surface area (Å²) in [5.41, 5.74) is 1.36. The minimum atomic E-state index is -0.350. The lowest BCUT2D eigenvalue weighted by molar-refractivity contribution is -0.384. The first kappa shape index (κ1) is 17.5. The Morgan fingerprint density at radius 2 is 1.48 bits per heavy atom. The van der Waals surface area contributed by atoms with E-state index >= 15 is 0 Å². The van der Waals surface area contributed by atoms with Gasteiger partial charge in [-0.05, 0) is 42.7 Å². The van der Waals surface area contributed by atoms with Gasteiger partial charge < -0.3 is 0 Å². The molecule has 2 aromatic carbocycles. The summed E-state index contributed by atoms with van der Waals surface area (Å²) < 4.78 is 0. The van der Waals surface area contributed by atoms with E-state index in [-0.39, 0.29) is 10.6 Å². The van der Waals surface area contributed by atoms with Gasteiger partial charge in [-0.2, -0.15) is 0 Å². The summed E-state index contributed by atoms with van der Waals surface area (Å²) in [6, 6.07) is 17.5. The van der Waals surface area contributed by atoms with Crippen molar-refractivity contribution < 1.29 is 4.92 Å². The van der Waals surface area contributed by atoms with Crippen molar-refractivity contribution in [1.82, 2.24) is 0 Å². The topological polar surface area (TPSA) is 43.1 Å². The van der Waals surface area contributed by atoms with Crippen molar-refractivity contribution >= 4 is 17.4 Å². The second-order valence-electron chi connectivity index (χ2n) is 5.60. The normalized spacial score (nSPS) is 10.6. The van der Waals surface area contributed by atoms with Gasteiger partial charge in [0, 0.05) is 17.0 Å². The Kier molecular flexibility index (Phi) is 7.67. The van der Waals surface area contributed by atoms with Crippen LogP contribution in [0.25, 0.3) is 0 Å². The molecular weight excluding hydrogens is 306 g/mol. The second kappa shape index (κ2) is 10.1. The van der Waals surface area contributed by atoms with E-state index in [1.54, 1.807) is 12.1 Å². The Hall–Kier alpha value is -1.81. The Labute approximate surface area is 142 Å². The zero-order chi connectivity index (χ0) is 16.3. The van der Waals surface area contributed by atoms with Crippen LogP contribution in [0.5, 0.6) is 0 Å². The fourth-order valence-corrected chi connectivity index (χ4v) is 3.39. The summed E-state index contributed by atoms with van der Waals surface area (Å²) in [6.45, 7) is 0. The molecule has 0 saturated heterocycles. The standard InChI is InChI=1S/C19H23NO2S/c21-20(22)18-14-12-17(13-15-18)9-5-2-1-3-8-16-23-19-10-6-4-7-11-19/h4,6-7,10-15H,1-3,5,8-9,16H2. The maximum Gasteiger partial charge on any atom is 0.269 e. The van der Waals surface area contributed by atoms with Crippen LogP contribution in [-0.4, -0.2) is 10.7 Å². The molecule has 0 aliphatic heterocycles. The molecule has 0 aliphatic rings. The molecule has 0 fully saturated rings. The Bertz CT molecular complexity index is 584. The van der Waals surface area contributed by atoms with Crippen LogP contribution in [0.3, 0.4) is 0 Å². The van der Waals surface area contributed by atoms with E-state index in [1.165, 1.54) is 41.9 Å². The van der Waals surface area contributed by atoms with Crippen LogP contribution < -0.4 is 0 Å². The summed E-state index contributed by atoms with van der Waals surface area (Å²) in [6.07, 6.45) is 7.20. The number of hydrogen-bond acceptors (Lipinski definition) is 3. The molecule has 0 aliphatic carbocycles. The summed E-state index contributed by atoms with van der Waals surface area (Å²) in [7, 11) is 0. The molecule has 0 spiro atoms. The molecule has 0 atom stereocenters. The molecule has 4 heteroatoms. The summed E-state index contributed by atoms with van der Waals surface area (Å²) in [5.74, 6) is 1.19. The highest BCUT2D eigenvalue weighted by molar-refractivity contribution is 7.99. The van der Waals surface area contributed by atoms with E-state index in [0.29, 0.717) is 0 Å². The highest BCUT2D eigenvalue weighted by Crippen LogP contribution is 2.19. The molecular formula is C19H23NO2S. The van der Waals surface area contributed by atoms with Crippen LogP contribution >= 0.6 is 11.8 Å². The maximum atomic E-state index is 10.6. The highest BCUT2D eigenvalue weighted by atomic mass is 32.2. The Morgan fingerprint density at radius 3 is 2.17 bits per heavy atom. The molecule has 0 bridgehead atoms. The predicted octanol–water partition coefficient (Wildman–Crippen LogP) is 5.88. The minimum absolute atomic E-state index is 0.171. The van der Waals surface area contributed by atoms with Crippen LogP contribution in [0.4, 0.5) is 5.69 Å². The third kappa shape index (κ3) is 6.87. The molecule has 0 saturated carbocycles. The maximum absolute atomic E-state index is 10.6. The third-order valence-corrected chi connectivity index (χ3v) is 4.87. The first-order valence-electron chi connectivity index (χ1n) is 8.17. The quantitative estimate of drug-likeness (QED) is 0.236. The van der Waals surface area contributed by atoms with Gasteiger partial charge in [-0.3, -0.25) is 10.1 Å². The number of thioether (sulfide) groups is 1. The van der Waals surface area contributed by atoms with Gasteiger partial charge in [0.15, 0.2) is 0 Å². The number of nitrogens with zero attached hydrogens (tertiary/aromatic N) is 1. The average molecular weight is 329 g/mol. The molecule has 23 heavy (non-hydrogen) atoms. The fraction of sp³-hybridized carbons (Fsp3) is 0.368. The Balaban J connectivity index is 1.50. The van der Waals surface area contributed by atoms with Crippen LogP contribution in [0.2, 0.25) is 0 Å². The first-order valence-corrected chi connectivity index (χ1v) is 9.15. The van der Waals surface area contributed by atoms with Crippen LogP contribution in [0.15, 0.2) is 59.5 Å². The van der Waals surface area contributed by atoms with Crippen molar-refractivity contribution in [2.75, 3.05) is 5.75 Å². The van der Waals surface area contributed by atoms with Crippen LogP contribution in [0.1, 0.15) is 37.7 Å². The monoisotopic (exact) mass is 329 g/mol. The average Bonchev–Trinajstić information content (AvgIpc) is 2.58. The zero-order valence-electron chi connectivity index (χ0n) is 13.3. The van der Waals surface area contributed by atoms with E-state index in [1.807, 2.05) is 23.9 Å². The number of rotatable bonds is 10. The Morgan fingerprint density at radius 1 is 0.826 bits per heavy atom. The van der Waals surface area contributed by atoms with Crippen LogP contribution in [0, 0.1) is 10.1 Å². The van der Waals surface area contributed by atoms with Gasteiger partial charge in [0.25, 0.3) is 5.69 Å². The molecule has 3 nitrogen and oxygen atoms in total. The lowest BCUT2D eigenvalue weighted by atomic mass is 10.1. The van der Waals surface area contributed by atoms with E-state index in [4.69, 9.17) is 0 Å². The lowest BCUT2D eigenvalue weighted by Gasteiger charge is -2.03. The molecule has 122 valence electrons. The lowest BCUT2D eigenvalue weighted by Crippen LogP contribution is -1.90. The van der Waals surface area contributed by atoms with Crippen molar-refractivity contribution in [3.05, 3.63) is 70.3 Å². The number of benzene rings is 2. The molecule has 0 radical (unpaired) electrons. The molecule has 0 amide bonds. The van der Waals surface area contributed by atoms with Crippen molar-refractivity contribution in [2.45, 2.75) is 43.4 Å². The van der Waals surface area contributed by atoms with E-state index in [9.17, 15) is 10.1 Å². The third-order valence-electron chi connectivity index (χ3n) is 3.77. The number of aryl methyl sites for hydroxylation is 1. The van der Waals surface area contributed by atoms with Gasteiger partial charge in [0.05, 0.1) is 4.92 Å². The molecule has 2 aromatic rings. The molecule has 0 heterocycles. The summed E-state index contributed by atoms with van der Waals surface area (Å²) in [4.78, 5) is 11.6. The van der Waals surface area contributed by atoms with Gasteiger partial charge in [-0.25, -0.2) is 0 Å². The summed E-state index contributed by atoms with van der Waals surface area (Å²) in [5, 5.41) is 10.6. The fourth-order valence-electron chi connectivity index (χ4n) is 2.45. The van der Waals surface area contributed by atoms with Gasteiger partial charge in [0.2, 0.25) is 0 Å². The zero-order valence-corrected chi connectivity index (χ0v) is 14.1. The van der Waals surface area contributed by atoms with E-state index in [0.717, 1.165) is 12.8 Å². The van der Waals surface area contributed by atoms with E-state index < -0.39 is 0 Å². The predicted molar refractivity (Wildman–Crippen MR) is 97.1 cm³/mol. The SMILES string of the molecule is O=[N+]([O-])c1ccc(CCCCCCCSc2ccccc2)cc1. The highest BCUT2D eigenvalue weighted by Gasteiger charge is 2.03. The van der Waals surface area contributed by atoms with Gasteiger partial charge in [-0.1, -0.05) is 49.6 Å². The number of non-ortho nitro benzene ring substituents is 1. The van der Waals surface area contributed by atoms with Crippen molar-refractivity contribution in [3.63, 3.8) is 0 Å².